The Hall–Kier alpha value is -1.81. The van der Waals surface area contributed by atoms with Gasteiger partial charge >= 0.3 is 5.97 Å². The van der Waals surface area contributed by atoms with E-state index in [1.165, 1.54) is 0 Å². The first-order chi connectivity index (χ1) is 9.88. The van der Waals surface area contributed by atoms with Crippen molar-refractivity contribution in [3.63, 3.8) is 0 Å². The van der Waals surface area contributed by atoms with Crippen LogP contribution in [-0.4, -0.2) is 17.0 Å². The highest BCUT2D eigenvalue weighted by molar-refractivity contribution is 6.30. The van der Waals surface area contributed by atoms with Crippen LogP contribution >= 0.6 is 11.6 Å². The van der Waals surface area contributed by atoms with Gasteiger partial charge in [-0.2, -0.15) is 0 Å². The number of halogens is 1. The molecule has 1 aromatic rings. The molecule has 0 bridgehead atoms. The molecule has 1 aromatic carbocycles. The van der Waals surface area contributed by atoms with E-state index < -0.39 is 17.8 Å². The second kappa shape index (κ2) is 6.31. The van der Waals surface area contributed by atoms with Gasteiger partial charge in [-0.3, -0.25) is 9.59 Å². The number of hydrogen-bond donors (Lipinski definition) is 2. The summed E-state index contributed by atoms with van der Waals surface area (Å²) < 4.78 is 0. The van der Waals surface area contributed by atoms with Gasteiger partial charge in [-0.15, -0.1) is 0 Å². The predicted octanol–water partition coefficient (Wildman–Crippen LogP) is 3.73. The molecule has 0 radical (unpaired) electrons. The van der Waals surface area contributed by atoms with Crippen LogP contribution in [-0.2, 0) is 9.59 Å². The Morgan fingerprint density at radius 2 is 1.62 bits per heavy atom. The molecule has 0 saturated carbocycles. The number of aliphatic carboxylic acids is 1. The number of carbonyl (C=O) groups is 2. The van der Waals surface area contributed by atoms with E-state index in [0.29, 0.717) is 23.6 Å². The van der Waals surface area contributed by atoms with E-state index in [1.54, 1.807) is 24.3 Å². The number of amides is 1. The zero-order chi connectivity index (χ0) is 15.6. The smallest absolute Gasteiger partial charge is 0.307 e. The average Bonchev–Trinajstić information content (AvgIpc) is 2.43. The summed E-state index contributed by atoms with van der Waals surface area (Å²) >= 11 is 5.80. The summed E-state index contributed by atoms with van der Waals surface area (Å²) in [6, 6.07) is 6.77. The van der Waals surface area contributed by atoms with Crippen molar-refractivity contribution in [2.24, 2.45) is 11.8 Å². The van der Waals surface area contributed by atoms with E-state index in [1.807, 2.05) is 13.8 Å². The minimum atomic E-state index is -0.918. The van der Waals surface area contributed by atoms with E-state index in [-0.39, 0.29) is 5.91 Å². The molecule has 0 unspecified atom stereocenters. The van der Waals surface area contributed by atoms with Crippen LogP contribution in [0.25, 0.3) is 0 Å². The minimum absolute atomic E-state index is 0.253. The molecule has 4 nitrogen and oxygen atoms in total. The topological polar surface area (TPSA) is 66.4 Å². The first kappa shape index (κ1) is 15.6. The molecule has 5 heteroatoms. The van der Waals surface area contributed by atoms with Gasteiger partial charge in [-0.1, -0.05) is 22.7 Å². The molecule has 2 N–H and O–H groups in total. The molecule has 1 aliphatic carbocycles. The molecule has 0 spiro atoms. The fourth-order valence-electron chi connectivity index (χ4n) is 2.60. The van der Waals surface area contributed by atoms with E-state index in [2.05, 4.69) is 5.32 Å². The Morgan fingerprint density at radius 3 is 2.14 bits per heavy atom. The third-order valence-corrected chi connectivity index (χ3v) is 4.28. The summed E-state index contributed by atoms with van der Waals surface area (Å²) in [5, 5.41) is 12.7. The van der Waals surface area contributed by atoms with Crippen molar-refractivity contribution >= 4 is 29.2 Å². The number of benzene rings is 1. The predicted molar refractivity (Wildman–Crippen MR) is 82.3 cm³/mol. The number of carbonyl (C=O) groups excluding carboxylic acids is 1. The zero-order valence-electron chi connectivity index (χ0n) is 12.0. The largest absolute Gasteiger partial charge is 0.481 e. The Bertz CT molecular complexity index is 592. The van der Waals surface area contributed by atoms with Gasteiger partial charge in [-0.25, -0.2) is 0 Å². The Morgan fingerprint density at radius 1 is 1.10 bits per heavy atom. The zero-order valence-corrected chi connectivity index (χ0v) is 12.8. The maximum absolute atomic E-state index is 12.4. The van der Waals surface area contributed by atoms with Crippen molar-refractivity contribution in [2.45, 2.75) is 26.7 Å². The van der Waals surface area contributed by atoms with E-state index in [4.69, 9.17) is 11.6 Å². The average molecular weight is 308 g/mol. The molecule has 1 aliphatic rings. The van der Waals surface area contributed by atoms with Gasteiger partial charge in [0.1, 0.15) is 0 Å². The second-order valence-corrected chi connectivity index (χ2v) is 5.95. The van der Waals surface area contributed by atoms with Crippen molar-refractivity contribution in [3.8, 4) is 0 Å². The van der Waals surface area contributed by atoms with Gasteiger partial charge in [0.15, 0.2) is 0 Å². The number of hydrogen-bond acceptors (Lipinski definition) is 2. The molecular weight excluding hydrogens is 290 g/mol. The fourth-order valence-corrected chi connectivity index (χ4v) is 2.72. The standard InChI is InChI=1S/C16H18ClNO3/c1-9-7-13(14(16(20)21)8-10(9)2)15(19)18-12-5-3-11(17)4-6-12/h3-6,13-14H,7-8H2,1-2H3,(H,18,19)(H,20,21)/t13-,14-/m1/s1. The number of anilines is 1. The fraction of sp³-hybridized carbons (Fsp3) is 0.375. The van der Waals surface area contributed by atoms with Crippen molar-refractivity contribution in [1.29, 1.82) is 0 Å². The van der Waals surface area contributed by atoms with Crippen LogP contribution in [0.5, 0.6) is 0 Å². The quantitative estimate of drug-likeness (QED) is 0.836. The number of carboxylic acid groups (broad SMARTS) is 1. The van der Waals surface area contributed by atoms with Crippen LogP contribution in [0, 0.1) is 11.8 Å². The Labute approximate surface area is 128 Å². The monoisotopic (exact) mass is 307 g/mol. The number of allylic oxidation sites excluding steroid dienone is 2. The van der Waals surface area contributed by atoms with Crippen molar-refractivity contribution in [3.05, 3.63) is 40.4 Å². The SMILES string of the molecule is CC1=C(C)C[C@@H](C(=O)Nc2ccc(Cl)cc2)[C@H](C(=O)O)C1. The van der Waals surface area contributed by atoms with E-state index >= 15 is 0 Å². The lowest BCUT2D eigenvalue weighted by atomic mass is 9.76. The van der Waals surface area contributed by atoms with E-state index in [0.717, 1.165) is 11.1 Å². The summed E-state index contributed by atoms with van der Waals surface area (Å²) in [6.45, 7) is 3.88. The Kier molecular flexibility index (Phi) is 4.68. The number of rotatable bonds is 3. The summed E-state index contributed by atoms with van der Waals surface area (Å²) in [7, 11) is 0. The molecule has 0 heterocycles. The van der Waals surface area contributed by atoms with Crippen molar-refractivity contribution < 1.29 is 14.7 Å². The summed E-state index contributed by atoms with van der Waals surface area (Å²) in [5.74, 6) is -2.38. The highest BCUT2D eigenvalue weighted by Crippen LogP contribution is 2.35. The molecule has 1 amide bonds. The Balaban J connectivity index is 2.16. The van der Waals surface area contributed by atoms with Crippen molar-refractivity contribution in [2.75, 3.05) is 5.32 Å². The summed E-state index contributed by atoms with van der Waals surface area (Å²) in [6.07, 6.45) is 0.919. The maximum atomic E-state index is 12.4. The van der Waals surface area contributed by atoms with Crippen LogP contribution in [0.3, 0.4) is 0 Å². The normalized spacial score (nSPS) is 22.0. The van der Waals surface area contributed by atoms with E-state index in [9.17, 15) is 14.7 Å². The van der Waals surface area contributed by atoms with Gasteiger partial charge in [0.2, 0.25) is 5.91 Å². The first-order valence-corrected chi connectivity index (χ1v) is 7.20. The van der Waals surface area contributed by atoms with Crippen LogP contribution in [0.2, 0.25) is 5.02 Å². The van der Waals surface area contributed by atoms with Gasteiger partial charge < -0.3 is 10.4 Å². The van der Waals surface area contributed by atoms with Crippen LogP contribution in [0.4, 0.5) is 5.69 Å². The lowest BCUT2D eigenvalue weighted by Gasteiger charge is -2.29. The minimum Gasteiger partial charge on any atom is -0.481 e. The van der Waals surface area contributed by atoms with Crippen LogP contribution in [0.1, 0.15) is 26.7 Å². The molecule has 112 valence electrons. The van der Waals surface area contributed by atoms with Gasteiger partial charge in [0.05, 0.1) is 11.8 Å². The van der Waals surface area contributed by atoms with Gasteiger partial charge in [-0.05, 0) is 51.0 Å². The molecule has 2 rings (SSSR count). The molecule has 0 fully saturated rings. The third-order valence-electron chi connectivity index (χ3n) is 4.03. The number of nitrogens with one attached hydrogen (secondary N) is 1. The summed E-state index contributed by atoms with van der Waals surface area (Å²) in [5.41, 5.74) is 2.79. The lowest BCUT2D eigenvalue weighted by Crippen LogP contribution is -2.36. The maximum Gasteiger partial charge on any atom is 0.307 e. The second-order valence-electron chi connectivity index (χ2n) is 5.52. The molecule has 0 saturated heterocycles. The van der Waals surface area contributed by atoms with Crippen molar-refractivity contribution in [1.82, 2.24) is 0 Å². The first-order valence-electron chi connectivity index (χ1n) is 6.83. The molecule has 0 aliphatic heterocycles. The number of carboxylic acids is 1. The lowest BCUT2D eigenvalue weighted by molar-refractivity contribution is -0.146. The van der Waals surface area contributed by atoms with Crippen LogP contribution in [0.15, 0.2) is 35.4 Å². The highest BCUT2D eigenvalue weighted by Gasteiger charge is 2.37. The van der Waals surface area contributed by atoms with Gasteiger partial charge in [0, 0.05) is 10.7 Å². The molecule has 2 atom stereocenters. The van der Waals surface area contributed by atoms with Crippen LogP contribution < -0.4 is 5.32 Å². The highest BCUT2D eigenvalue weighted by atomic mass is 35.5. The third kappa shape index (κ3) is 3.64. The summed E-state index contributed by atoms with van der Waals surface area (Å²) in [4.78, 5) is 23.8. The van der Waals surface area contributed by atoms with Gasteiger partial charge in [0.25, 0.3) is 0 Å². The molecule has 21 heavy (non-hydrogen) atoms. The molecular formula is C16H18ClNO3. The molecule has 0 aromatic heterocycles.